The van der Waals surface area contributed by atoms with Gasteiger partial charge in [0.2, 0.25) is 0 Å². The van der Waals surface area contributed by atoms with Gasteiger partial charge in [-0.1, -0.05) is 27.7 Å². The van der Waals surface area contributed by atoms with Crippen LogP contribution in [-0.2, 0) is 14.3 Å². The van der Waals surface area contributed by atoms with Gasteiger partial charge in [0.05, 0.1) is 6.61 Å². The zero-order valence-electron chi connectivity index (χ0n) is 10.3. The lowest BCUT2D eigenvalue weighted by molar-refractivity contribution is -0.141. The summed E-state index contributed by atoms with van der Waals surface area (Å²) in [5.41, 5.74) is 0.225. The summed E-state index contributed by atoms with van der Waals surface area (Å²) >= 11 is 0. The standard InChI is InChI=1S/C12H20O4/c1-8(2)5-10(6-11(13)14)12(15)16-7-9(3)4/h6,8-9H,5,7H2,1-4H3,(H,13,14). The van der Waals surface area contributed by atoms with E-state index in [-0.39, 0.29) is 17.4 Å². The van der Waals surface area contributed by atoms with Gasteiger partial charge in [0.25, 0.3) is 0 Å². The summed E-state index contributed by atoms with van der Waals surface area (Å²) in [4.78, 5) is 22.1. The first-order chi connectivity index (χ1) is 7.32. The van der Waals surface area contributed by atoms with E-state index in [1.807, 2.05) is 27.7 Å². The van der Waals surface area contributed by atoms with Crippen LogP contribution in [0.1, 0.15) is 34.1 Å². The largest absolute Gasteiger partial charge is 0.478 e. The molecule has 0 aromatic rings. The fraction of sp³-hybridized carbons (Fsp3) is 0.667. The van der Waals surface area contributed by atoms with Gasteiger partial charge in [0.15, 0.2) is 0 Å². The van der Waals surface area contributed by atoms with Crippen molar-refractivity contribution in [1.82, 2.24) is 0 Å². The van der Waals surface area contributed by atoms with Crippen LogP contribution in [0.2, 0.25) is 0 Å². The van der Waals surface area contributed by atoms with Crippen LogP contribution < -0.4 is 0 Å². The summed E-state index contributed by atoms with van der Waals surface area (Å²) < 4.78 is 5.00. The van der Waals surface area contributed by atoms with Gasteiger partial charge in [0, 0.05) is 11.6 Å². The average Bonchev–Trinajstić information content (AvgIpc) is 2.11. The Bertz CT molecular complexity index is 277. The highest BCUT2D eigenvalue weighted by Crippen LogP contribution is 2.13. The van der Waals surface area contributed by atoms with Crippen LogP contribution in [0, 0.1) is 11.8 Å². The molecule has 0 aliphatic carbocycles. The number of esters is 1. The predicted octanol–water partition coefficient (Wildman–Crippen LogP) is 2.24. The van der Waals surface area contributed by atoms with Crippen molar-refractivity contribution < 1.29 is 19.4 Å². The Kier molecular flexibility index (Phi) is 6.46. The van der Waals surface area contributed by atoms with Crippen molar-refractivity contribution in [2.24, 2.45) is 11.8 Å². The SMILES string of the molecule is CC(C)COC(=O)C(=CC(=O)O)CC(C)C. The normalized spacial score (nSPS) is 12.0. The van der Waals surface area contributed by atoms with Gasteiger partial charge in [-0.2, -0.15) is 0 Å². The number of ether oxygens (including phenoxy) is 1. The summed E-state index contributed by atoms with van der Waals surface area (Å²) in [5.74, 6) is -1.17. The first kappa shape index (κ1) is 14.7. The van der Waals surface area contributed by atoms with Crippen LogP contribution in [-0.4, -0.2) is 23.7 Å². The Morgan fingerprint density at radius 2 is 1.75 bits per heavy atom. The Morgan fingerprint density at radius 1 is 1.19 bits per heavy atom. The smallest absolute Gasteiger partial charge is 0.334 e. The molecular weight excluding hydrogens is 208 g/mol. The molecule has 0 radical (unpaired) electrons. The second-order valence-electron chi connectivity index (χ2n) is 4.60. The number of aliphatic carboxylic acids is 1. The molecule has 0 saturated carbocycles. The molecule has 0 rings (SSSR count). The van der Waals surface area contributed by atoms with Crippen molar-refractivity contribution in [3.8, 4) is 0 Å². The van der Waals surface area contributed by atoms with E-state index in [4.69, 9.17) is 9.84 Å². The highest BCUT2D eigenvalue weighted by Gasteiger charge is 2.14. The number of carbonyl (C=O) groups is 2. The van der Waals surface area contributed by atoms with E-state index in [0.717, 1.165) is 6.08 Å². The Morgan fingerprint density at radius 3 is 2.12 bits per heavy atom. The molecule has 92 valence electrons. The van der Waals surface area contributed by atoms with Gasteiger partial charge < -0.3 is 9.84 Å². The Labute approximate surface area is 96.3 Å². The minimum Gasteiger partial charge on any atom is -0.478 e. The Balaban J connectivity index is 4.51. The van der Waals surface area contributed by atoms with Gasteiger partial charge in [-0.25, -0.2) is 9.59 Å². The molecule has 0 aliphatic heterocycles. The third-order valence-electron chi connectivity index (χ3n) is 1.74. The van der Waals surface area contributed by atoms with Gasteiger partial charge in [-0.3, -0.25) is 0 Å². The third kappa shape index (κ3) is 7.04. The van der Waals surface area contributed by atoms with Crippen molar-refractivity contribution in [1.29, 1.82) is 0 Å². The van der Waals surface area contributed by atoms with Crippen LogP contribution in [0.4, 0.5) is 0 Å². The van der Waals surface area contributed by atoms with Crippen LogP contribution in [0.3, 0.4) is 0 Å². The number of rotatable bonds is 6. The monoisotopic (exact) mass is 228 g/mol. The fourth-order valence-corrected chi connectivity index (χ4v) is 1.13. The zero-order chi connectivity index (χ0) is 12.7. The number of carboxylic acid groups (broad SMARTS) is 1. The first-order valence-electron chi connectivity index (χ1n) is 5.43. The Hall–Kier alpha value is -1.32. The number of carbonyl (C=O) groups excluding carboxylic acids is 1. The molecule has 0 aromatic heterocycles. The lowest BCUT2D eigenvalue weighted by Crippen LogP contribution is -2.14. The van der Waals surface area contributed by atoms with Crippen LogP contribution in [0.25, 0.3) is 0 Å². The molecule has 0 aromatic carbocycles. The van der Waals surface area contributed by atoms with Crippen molar-refractivity contribution in [3.63, 3.8) is 0 Å². The van der Waals surface area contributed by atoms with Crippen LogP contribution >= 0.6 is 0 Å². The molecule has 0 atom stereocenters. The number of hydrogen-bond donors (Lipinski definition) is 1. The average molecular weight is 228 g/mol. The number of carboxylic acids is 1. The quantitative estimate of drug-likeness (QED) is 0.559. The molecule has 16 heavy (non-hydrogen) atoms. The van der Waals surface area contributed by atoms with E-state index < -0.39 is 11.9 Å². The maximum Gasteiger partial charge on any atom is 0.334 e. The van der Waals surface area contributed by atoms with Gasteiger partial charge >= 0.3 is 11.9 Å². The van der Waals surface area contributed by atoms with E-state index in [1.165, 1.54) is 0 Å². The van der Waals surface area contributed by atoms with Crippen molar-refractivity contribution in [2.45, 2.75) is 34.1 Å². The molecule has 0 heterocycles. The van der Waals surface area contributed by atoms with Crippen molar-refractivity contribution in [3.05, 3.63) is 11.6 Å². The van der Waals surface area contributed by atoms with E-state index >= 15 is 0 Å². The van der Waals surface area contributed by atoms with E-state index in [0.29, 0.717) is 13.0 Å². The molecule has 4 nitrogen and oxygen atoms in total. The highest BCUT2D eigenvalue weighted by molar-refractivity contribution is 5.95. The zero-order valence-corrected chi connectivity index (χ0v) is 10.3. The lowest BCUT2D eigenvalue weighted by atomic mass is 10.0. The minimum absolute atomic E-state index is 0.220. The van der Waals surface area contributed by atoms with Crippen LogP contribution in [0.15, 0.2) is 11.6 Å². The van der Waals surface area contributed by atoms with Gasteiger partial charge in [-0.15, -0.1) is 0 Å². The first-order valence-corrected chi connectivity index (χ1v) is 5.43. The predicted molar refractivity (Wildman–Crippen MR) is 61.0 cm³/mol. The van der Waals surface area contributed by atoms with Crippen molar-refractivity contribution in [2.75, 3.05) is 6.61 Å². The molecule has 0 spiro atoms. The molecule has 0 saturated heterocycles. The maximum atomic E-state index is 11.6. The maximum absolute atomic E-state index is 11.6. The molecule has 0 amide bonds. The van der Waals surface area contributed by atoms with E-state index in [1.54, 1.807) is 0 Å². The van der Waals surface area contributed by atoms with Crippen LogP contribution in [0.5, 0.6) is 0 Å². The van der Waals surface area contributed by atoms with Crippen molar-refractivity contribution >= 4 is 11.9 Å². The second kappa shape index (κ2) is 7.04. The lowest BCUT2D eigenvalue weighted by Gasteiger charge is -2.11. The van der Waals surface area contributed by atoms with Gasteiger partial charge in [0.1, 0.15) is 0 Å². The molecule has 0 unspecified atom stereocenters. The summed E-state index contributed by atoms with van der Waals surface area (Å²) in [6.45, 7) is 8.01. The highest BCUT2D eigenvalue weighted by atomic mass is 16.5. The fourth-order valence-electron chi connectivity index (χ4n) is 1.13. The molecule has 0 fully saturated rings. The third-order valence-corrected chi connectivity index (χ3v) is 1.74. The topological polar surface area (TPSA) is 63.6 Å². The summed E-state index contributed by atoms with van der Waals surface area (Å²) in [6.07, 6.45) is 1.35. The molecule has 1 N–H and O–H groups in total. The minimum atomic E-state index is -1.11. The second-order valence-corrected chi connectivity index (χ2v) is 4.60. The van der Waals surface area contributed by atoms with E-state index in [9.17, 15) is 9.59 Å². The summed E-state index contributed by atoms with van der Waals surface area (Å²) in [6, 6.07) is 0. The summed E-state index contributed by atoms with van der Waals surface area (Å²) in [7, 11) is 0. The summed E-state index contributed by atoms with van der Waals surface area (Å²) in [5, 5.41) is 8.64. The van der Waals surface area contributed by atoms with E-state index in [2.05, 4.69) is 0 Å². The molecule has 0 bridgehead atoms. The van der Waals surface area contributed by atoms with Gasteiger partial charge in [-0.05, 0) is 18.3 Å². The molecule has 4 heteroatoms. The number of hydrogen-bond acceptors (Lipinski definition) is 3. The molecule has 0 aliphatic rings. The molecular formula is C12H20O4.